The molecule has 0 bridgehead atoms. The highest BCUT2D eigenvalue weighted by Crippen LogP contribution is 2.33. The van der Waals surface area contributed by atoms with E-state index < -0.39 is 0 Å². The molecule has 20 heavy (non-hydrogen) atoms. The molecule has 0 spiro atoms. The molecule has 1 fully saturated rings. The summed E-state index contributed by atoms with van der Waals surface area (Å²) in [6.45, 7) is 4.01. The molecule has 0 aliphatic heterocycles. The smallest absolute Gasteiger partial charge is 0.257 e. The van der Waals surface area contributed by atoms with Crippen LogP contribution >= 0.6 is 15.9 Å². The van der Waals surface area contributed by atoms with E-state index in [1.807, 2.05) is 0 Å². The number of carbonyl (C=O) groups is 1. The number of hydrogen-bond acceptors (Lipinski definition) is 2. The average molecular weight is 341 g/mol. The zero-order valence-electron chi connectivity index (χ0n) is 12.0. The van der Waals surface area contributed by atoms with E-state index in [0.29, 0.717) is 5.92 Å². The fourth-order valence-corrected chi connectivity index (χ4v) is 3.64. The Kier molecular flexibility index (Phi) is 4.68. The van der Waals surface area contributed by atoms with Gasteiger partial charge in [0.2, 0.25) is 0 Å². The lowest BCUT2D eigenvalue weighted by atomic mass is 9.77. The standard InChI is InChI=1S/C15H21BrN2O2/c1-10-4-3-5-15(7-10,9-16)18-14(20)12-8-17-11(2)6-13(12)19/h6,8,10H,3-5,7,9H2,1-2H3,(H,17,19)(H,18,20). The van der Waals surface area contributed by atoms with Crippen molar-refractivity contribution in [1.82, 2.24) is 10.3 Å². The number of carbonyl (C=O) groups excluding carboxylic acids is 1. The minimum atomic E-state index is -0.278. The third-order valence-corrected chi connectivity index (χ3v) is 5.10. The van der Waals surface area contributed by atoms with Crippen LogP contribution in [0.15, 0.2) is 17.1 Å². The van der Waals surface area contributed by atoms with Crippen molar-refractivity contribution in [1.29, 1.82) is 0 Å². The molecule has 2 unspecified atom stereocenters. The van der Waals surface area contributed by atoms with Gasteiger partial charge in [-0.2, -0.15) is 0 Å². The lowest BCUT2D eigenvalue weighted by Crippen LogP contribution is -2.53. The minimum Gasteiger partial charge on any atom is -0.364 e. The molecule has 2 rings (SSSR count). The van der Waals surface area contributed by atoms with Gasteiger partial charge in [0.1, 0.15) is 5.56 Å². The molecule has 1 amide bonds. The van der Waals surface area contributed by atoms with Crippen LogP contribution < -0.4 is 10.7 Å². The molecular weight excluding hydrogens is 320 g/mol. The lowest BCUT2D eigenvalue weighted by Gasteiger charge is -2.39. The molecule has 1 aromatic rings. The molecule has 110 valence electrons. The van der Waals surface area contributed by atoms with E-state index in [9.17, 15) is 9.59 Å². The predicted molar refractivity (Wildman–Crippen MR) is 83.4 cm³/mol. The van der Waals surface area contributed by atoms with Crippen LogP contribution in [0.25, 0.3) is 0 Å². The van der Waals surface area contributed by atoms with Gasteiger partial charge in [0.15, 0.2) is 5.43 Å². The van der Waals surface area contributed by atoms with Crippen LogP contribution in [0.2, 0.25) is 0 Å². The number of halogens is 1. The summed E-state index contributed by atoms with van der Waals surface area (Å²) in [6.07, 6.45) is 5.72. The number of amides is 1. The van der Waals surface area contributed by atoms with Crippen LogP contribution in [0, 0.1) is 12.8 Å². The molecule has 4 nitrogen and oxygen atoms in total. The van der Waals surface area contributed by atoms with Crippen molar-refractivity contribution in [3.05, 3.63) is 33.7 Å². The first kappa shape index (κ1) is 15.3. The fourth-order valence-electron chi connectivity index (χ4n) is 2.99. The van der Waals surface area contributed by atoms with Gasteiger partial charge < -0.3 is 10.3 Å². The molecule has 1 aromatic heterocycles. The Bertz CT molecular complexity index is 555. The number of H-pyrrole nitrogens is 1. The Balaban J connectivity index is 2.19. The van der Waals surface area contributed by atoms with Crippen molar-refractivity contribution in [2.24, 2.45) is 5.92 Å². The van der Waals surface area contributed by atoms with E-state index >= 15 is 0 Å². The summed E-state index contributed by atoms with van der Waals surface area (Å²) in [6, 6.07) is 1.46. The number of rotatable bonds is 3. The number of hydrogen-bond donors (Lipinski definition) is 2. The van der Waals surface area contributed by atoms with Gasteiger partial charge in [-0.15, -0.1) is 0 Å². The van der Waals surface area contributed by atoms with E-state index in [1.54, 1.807) is 6.92 Å². The van der Waals surface area contributed by atoms with Crippen LogP contribution in [-0.2, 0) is 0 Å². The Hall–Kier alpha value is -1.10. The van der Waals surface area contributed by atoms with Crippen molar-refractivity contribution in [3.63, 3.8) is 0 Å². The number of pyridine rings is 1. The molecule has 2 N–H and O–H groups in total. The normalized spacial score (nSPS) is 26.2. The van der Waals surface area contributed by atoms with E-state index in [1.165, 1.54) is 18.7 Å². The van der Waals surface area contributed by atoms with Gasteiger partial charge in [0, 0.05) is 23.3 Å². The van der Waals surface area contributed by atoms with E-state index in [-0.39, 0.29) is 22.4 Å². The van der Waals surface area contributed by atoms with Crippen molar-refractivity contribution in [2.75, 3.05) is 5.33 Å². The fraction of sp³-hybridized carbons (Fsp3) is 0.600. The summed E-state index contributed by atoms with van der Waals surface area (Å²) in [5, 5.41) is 3.81. The summed E-state index contributed by atoms with van der Waals surface area (Å²) < 4.78 is 0. The van der Waals surface area contributed by atoms with Gasteiger partial charge in [-0.05, 0) is 25.7 Å². The molecule has 5 heteroatoms. The van der Waals surface area contributed by atoms with Crippen LogP contribution in [0.3, 0.4) is 0 Å². The number of nitrogens with one attached hydrogen (secondary N) is 2. The highest BCUT2D eigenvalue weighted by atomic mass is 79.9. The largest absolute Gasteiger partial charge is 0.364 e. The topological polar surface area (TPSA) is 62.0 Å². The summed E-state index contributed by atoms with van der Waals surface area (Å²) in [4.78, 5) is 27.2. The first-order valence-electron chi connectivity index (χ1n) is 7.03. The zero-order chi connectivity index (χ0) is 14.8. The maximum absolute atomic E-state index is 12.4. The molecule has 1 aliphatic rings. The third-order valence-electron chi connectivity index (χ3n) is 4.03. The molecular formula is C15H21BrN2O2. The van der Waals surface area contributed by atoms with Gasteiger partial charge in [-0.25, -0.2) is 0 Å². The van der Waals surface area contributed by atoms with Gasteiger partial charge in [-0.1, -0.05) is 35.7 Å². The molecule has 0 aromatic carbocycles. The number of aromatic amines is 1. The number of aryl methyl sites for hydroxylation is 1. The van der Waals surface area contributed by atoms with Gasteiger partial charge in [0.05, 0.1) is 5.54 Å². The maximum Gasteiger partial charge on any atom is 0.257 e. The van der Waals surface area contributed by atoms with Gasteiger partial charge >= 0.3 is 0 Å². The van der Waals surface area contributed by atoms with Crippen LogP contribution in [0.4, 0.5) is 0 Å². The number of alkyl halides is 1. The number of aromatic nitrogens is 1. The zero-order valence-corrected chi connectivity index (χ0v) is 13.5. The van der Waals surface area contributed by atoms with E-state index in [2.05, 4.69) is 33.2 Å². The van der Waals surface area contributed by atoms with Gasteiger partial charge in [0.25, 0.3) is 5.91 Å². The first-order valence-corrected chi connectivity index (χ1v) is 8.16. The summed E-state index contributed by atoms with van der Waals surface area (Å²) in [7, 11) is 0. The van der Waals surface area contributed by atoms with E-state index in [0.717, 1.165) is 30.3 Å². The summed E-state index contributed by atoms with van der Waals surface area (Å²) in [5.74, 6) is 0.317. The Morgan fingerprint density at radius 3 is 2.95 bits per heavy atom. The third kappa shape index (κ3) is 3.32. The first-order chi connectivity index (χ1) is 9.46. The predicted octanol–water partition coefficient (Wildman–Crippen LogP) is 2.76. The second-order valence-corrected chi connectivity index (χ2v) is 6.52. The molecule has 1 aliphatic carbocycles. The Labute approximate surface area is 127 Å². The quantitative estimate of drug-likeness (QED) is 0.831. The maximum atomic E-state index is 12.4. The van der Waals surface area contributed by atoms with E-state index in [4.69, 9.17) is 0 Å². The lowest BCUT2D eigenvalue weighted by molar-refractivity contribution is 0.0868. The Morgan fingerprint density at radius 1 is 1.60 bits per heavy atom. The van der Waals surface area contributed by atoms with Crippen LogP contribution in [-0.4, -0.2) is 21.8 Å². The second-order valence-electron chi connectivity index (χ2n) is 5.96. The minimum absolute atomic E-state index is 0.189. The average Bonchev–Trinajstić information content (AvgIpc) is 2.38. The SMILES string of the molecule is Cc1cc(=O)c(C(=O)NC2(CBr)CCCC(C)C2)c[nH]1. The van der Waals surface area contributed by atoms with Gasteiger partial charge in [-0.3, -0.25) is 9.59 Å². The van der Waals surface area contributed by atoms with Crippen molar-refractivity contribution >= 4 is 21.8 Å². The van der Waals surface area contributed by atoms with Crippen molar-refractivity contribution in [2.45, 2.75) is 45.1 Å². The highest BCUT2D eigenvalue weighted by molar-refractivity contribution is 9.09. The highest BCUT2D eigenvalue weighted by Gasteiger charge is 2.35. The van der Waals surface area contributed by atoms with Crippen LogP contribution in [0.5, 0.6) is 0 Å². The summed E-state index contributed by atoms with van der Waals surface area (Å²) in [5.41, 5.74) is 0.487. The second kappa shape index (κ2) is 6.12. The monoisotopic (exact) mass is 340 g/mol. The molecule has 0 radical (unpaired) electrons. The summed E-state index contributed by atoms with van der Waals surface area (Å²) >= 11 is 3.53. The van der Waals surface area contributed by atoms with Crippen molar-refractivity contribution in [3.8, 4) is 0 Å². The van der Waals surface area contributed by atoms with Crippen LogP contribution in [0.1, 0.15) is 48.7 Å². The molecule has 2 atom stereocenters. The molecule has 1 heterocycles. The molecule has 1 saturated carbocycles. The van der Waals surface area contributed by atoms with Crippen molar-refractivity contribution < 1.29 is 4.79 Å². The Morgan fingerprint density at radius 2 is 2.35 bits per heavy atom. The molecule has 0 saturated heterocycles.